The Balaban J connectivity index is 4.60. The van der Waals surface area contributed by atoms with Crippen LogP contribution in [-0.2, 0) is 57.0 Å². The molecule has 0 aromatic carbocycles. The number of rotatable bonds is 36. The molecule has 0 aliphatic rings. The number of carbonyl (C=O) groups excluding carboxylic acids is 6. The highest BCUT2D eigenvalue weighted by atomic mass is 16.6. The summed E-state index contributed by atoms with van der Waals surface area (Å²) < 4.78 is 48.3. The molecular weight excluding hydrogens is 855 g/mol. The van der Waals surface area contributed by atoms with Crippen molar-refractivity contribution in [3.8, 4) is 0 Å². The Morgan fingerprint density at radius 2 is 0.538 bits per heavy atom. The molecule has 22 heteroatoms. The second-order valence-electron chi connectivity index (χ2n) is 17.9. The van der Waals surface area contributed by atoms with Crippen LogP contribution in [0.1, 0.15) is 101 Å². The molecule has 65 heavy (non-hydrogen) atoms. The van der Waals surface area contributed by atoms with Crippen LogP contribution in [0, 0.1) is 0 Å². The van der Waals surface area contributed by atoms with Gasteiger partial charge in [-0.3, -0.25) is 14.4 Å². The van der Waals surface area contributed by atoms with E-state index < -0.39 is 40.6 Å². The summed E-state index contributed by atoms with van der Waals surface area (Å²) in [7, 11) is 0. The highest BCUT2D eigenvalue weighted by Gasteiger charge is 2.28. The van der Waals surface area contributed by atoms with Crippen molar-refractivity contribution >= 4 is 36.0 Å². The lowest BCUT2D eigenvalue weighted by molar-refractivity contribution is -0.121. The minimum atomic E-state index is -0.990. The molecular formula is C43H83N7O15. The van der Waals surface area contributed by atoms with E-state index in [0.29, 0.717) is 79.1 Å². The maximum Gasteiger partial charge on any atom is 0.407 e. The third-order valence-corrected chi connectivity index (χ3v) is 8.12. The van der Waals surface area contributed by atoms with Gasteiger partial charge in [-0.15, -0.1) is 0 Å². The number of ether oxygens (including phenoxy) is 9. The fraction of sp³-hybridized carbons (Fsp3) is 0.860. The Morgan fingerprint density at radius 1 is 0.338 bits per heavy atom. The first-order valence-electron chi connectivity index (χ1n) is 22.4. The van der Waals surface area contributed by atoms with Crippen molar-refractivity contribution in [2.45, 2.75) is 123 Å². The lowest BCUT2D eigenvalue weighted by Gasteiger charge is -2.29. The number of amides is 6. The number of hydrogen-bond donors (Lipinski definition) is 7. The first-order chi connectivity index (χ1) is 30.5. The molecule has 0 saturated carbocycles. The summed E-state index contributed by atoms with van der Waals surface area (Å²) in [5.74, 6) is -0.743. The molecule has 8 N–H and O–H groups in total. The van der Waals surface area contributed by atoms with Gasteiger partial charge >= 0.3 is 18.3 Å². The third-order valence-electron chi connectivity index (χ3n) is 8.12. The van der Waals surface area contributed by atoms with E-state index in [4.69, 9.17) is 48.4 Å². The number of alkyl carbamates (subject to hydrolysis) is 3. The van der Waals surface area contributed by atoms with Crippen LogP contribution in [0.3, 0.4) is 0 Å². The quantitative estimate of drug-likeness (QED) is 0.0350. The SMILES string of the molecule is CC(C)(C)OC(=O)NCCOCCOCCNC(=O)CCC(N)(CCC(=O)NCCOCCOCCNC(=O)OC(C)(C)C)CCC(=O)NCCOCCOCCNC(=O)OC(C)(C)C. The highest BCUT2D eigenvalue weighted by Crippen LogP contribution is 2.23. The van der Waals surface area contributed by atoms with Crippen LogP contribution < -0.4 is 37.6 Å². The number of nitrogens with two attached hydrogens (primary N) is 1. The van der Waals surface area contributed by atoms with Crippen molar-refractivity contribution in [3.05, 3.63) is 0 Å². The van der Waals surface area contributed by atoms with E-state index in [1.165, 1.54) is 0 Å². The Morgan fingerprint density at radius 3 is 0.738 bits per heavy atom. The third kappa shape index (κ3) is 43.6. The molecule has 6 amide bonds. The second-order valence-corrected chi connectivity index (χ2v) is 17.9. The number of hydrogen-bond acceptors (Lipinski definition) is 16. The Labute approximate surface area is 386 Å². The fourth-order valence-corrected chi connectivity index (χ4v) is 5.10. The van der Waals surface area contributed by atoms with Gasteiger partial charge in [0.15, 0.2) is 0 Å². The van der Waals surface area contributed by atoms with Gasteiger partial charge in [0.25, 0.3) is 0 Å². The van der Waals surface area contributed by atoms with E-state index in [-0.39, 0.29) is 95.7 Å². The van der Waals surface area contributed by atoms with Crippen molar-refractivity contribution in [3.63, 3.8) is 0 Å². The van der Waals surface area contributed by atoms with E-state index in [0.717, 1.165) is 0 Å². The van der Waals surface area contributed by atoms with E-state index in [2.05, 4.69) is 31.9 Å². The summed E-state index contributed by atoms with van der Waals surface area (Å²) in [6.07, 6.45) is -0.612. The monoisotopic (exact) mass is 938 g/mol. The lowest BCUT2D eigenvalue weighted by atomic mass is 9.84. The summed E-state index contributed by atoms with van der Waals surface area (Å²) >= 11 is 0. The van der Waals surface area contributed by atoms with Crippen LogP contribution in [0.4, 0.5) is 14.4 Å². The number of nitrogens with one attached hydrogen (secondary N) is 6. The molecule has 0 aliphatic carbocycles. The van der Waals surface area contributed by atoms with Crippen LogP contribution in [-0.4, -0.2) is 177 Å². The van der Waals surface area contributed by atoms with E-state index in [1.807, 2.05) is 0 Å². The molecule has 0 aromatic rings. The predicted octanol–water partition coefficient (Wildman–Crippen LogP) is 2.05. The maximum absolute atomic E-state index is 12.7. The summed E-state index contributed by atoms with van der Waals surface area (Å²) in [5, 5.41) is 16.2. The van der Waals surface area contributed by atoms with Crippen LogP contribution in [0.15, 0.2) is 0 Å². The molecule has 0 aliphatic heterocycles. The first-order valence-corrected chi connectivity index (χ1v) is 22.4. The minimum absolute atomic E-state index is 0.0768. The molecule has 0 saturated heterocycles. The van der Waals surface area contributed by atoms with Crippen molar-refractivity contribution in [2.75, 3.05) is 119 Å². The predicted molar refractivity (Wildman–Crippen MR) is 241 cm³/mol. The van der Waals surface area contributed by atoms with Crippen molar-refractivity contribution in [1.29, 1.82) is 0 Å². The van der Waals surface area contributed by atoms with Gasteiger partial charge in [0.05, 0.1) is 79.3 Å². The van der Waals surface area contributed by atoms with E-state index in [9.17, 15) is 28.8 Å². The largest absolute Gasteiger partial charge is 0.444 e. The Bertz CT molecular complexity index is 1180. The standard InChI is InChI=1S/C43H83N7O15/c1-40(2,3)63-37(54)48-19-25-60-31-28-57-22-16-45-34(51)10-13-43(44,14-11-35(52)46-17-23-58-29-32-61-26-20-49-38(55)64-41(4,5)6)15-12-36(53)47-18-24-59-30-33-62-27-21-50-39(56)65-42(7,8)9/h10-33,44H2,1-9H3,(H,45,51)(H,46,52)(H,47,53)(H,48,54)(H,49,55)(H,50,56). The molecule has 0 atom stereocenters. The van der Waals surface area contributed by atoms with Gasteiger partial charge in [0, 0.05) is 64.1 Å². The summed E-state index contributed by atoms with van der Waals surface area (Å²) in [5.41, 5.74) is 4.03. The van der Waals surface area contributed by atoms with Gasteiger partial charge < -0.3 is 80.3 Å². The lowest BCUT2D eigenvalue weighted by Crippen LogP contribution is -2.44. The van der Waals surface area contributed by atoms with Crippen molar-refractivity contribution in [1.82, 2.24) is 31.9 Å². The normalized spacial score (nSPS) is 11.9. The molecule has 0 rings (SSSR count). The van der Waals surface area contributed by atoms with Crippen LogP contribution in [0.25, 0.3) is 0 Å². The second kappa shape index (κ2) is 35.2. The molecule has 0 unspecified atom stereocenters. The van der Waals surface area contributed by atoms with Gasteiger partial charge in [0.1, 0.15) is 16.8 Å². The molecule has 0 spiro atoms. The van der Waals surface area contributed by atoms with Gasteiger partial charge in [-0.25, -0.2) is 14.4 Å². The molecule has 0 fully saturated rings. The van der Waals surface area contributed by atoms with Gasteiger partial charge in [-0.05, 0) is 81.6 Å². The number of carbonyl (C=O) groups is 6. The topological polar surface area (TPSA) is 284 Å². The average molecular weight is 938 g/mol. The first kappa shape index (κ1) is 60.9. The molecule has 380 valence electrons. The van der Waals surface area contributed by atoms with Crippen LogP contribution in [0.5, 0.6) is 0 Å². The summed E-state index contributed by atoms with van der Waals surface area (Å²) in [6, 6.07) is 0. The van der Waals surface area contributed by atoms with Crippen molar-refractivity contribution < 1.29 is 71.4 Å². The van der Waals surface area contributed by atoms with Crippen LogP contribution in [0.2, 0.25) is 0 Å². The minimum Gasteiger partial charge on any atom is -0.444 e. The Kier molecular flexibility index (Phi) is 33.0. The van der Waals surface area contributed by atoms with Gasteiger partial charge in [-0.1, -0.05) is 0 Å². The molecule has 0 heterocycles. The zero-order chi connectivity index (χ0) is 49.0. The maximum atomic E-state index is 12.7. The molecule has 22 nitrogen and oxygen atoms in total. The fourth-order valence-electron chi connectivity index (χ4n) is 5.10. The van der Waals surface area contributed by atoms with Crippen molar-refractivity contribution in [2.24, 2.45) is 5.73 Å². The molecule has 0 aromatic heterocycles. The zero-order valence-corrected chi connectivity index (χ0v) is 40.7. The highest BCUT2D eigenvalue weighted by molar-refractivity contribution is 5.77. The average Bonchev–Trinajstić information content (AvgIpc) is 3.18. The zero-order valence-electron chi connectivity index (χ0n) is 40.7. The van der Waals surface area contributed by atoms with Gasteiger partial charge in [-0.2, -0.15) is 0 Å². The van der Waals surface area contributed by atoms with Crippen LogP contribution >= 0.6 is 0 Å². The van der Waals surface area contributed by atoms with E-state index in [1.54, 1.807) is 62.3 Å². The van der Waals surface area contributed by atoms with Gasteiger partial charge in [0.2, 0.25) is 17.7 Å². The van der Waals surface area contributed by atoms with E-state index >= 15 is 0 Å². The summed E-state index contributed by atoms with van der Waals surface area (Å²) in [6.45, 7) is 21.2. The molecule has 0 bridgehead atoms. The molecule has 0 radical (unpaired) electrons. The Hall–Kier alpha value is -4.06. The summed E-state index contributed by atoms with van der Waals surface area (Å²) in [4.78, 5) is 73.2. The smallest absolute Gasteiger partial charge is 0.407 e.